The van der Waals surface area contributed by atoms with E-state index in [1.807, 2.05) is 38.1 Å². The number of carbonyl (C=O) groups excluding carboxylic acids is 4. The van der Waals surface area contributed by atoms with Crippen LogP contribution in [0.5, 0.6) is 11.5 Å². The van der Waals surface area contributed by atoms with Gasteiger partial charge in [0.2, 0.25) is 5.91 Å². The Labute approximate surface area is 225 Å². The lowest BCUT2D eigenvalue weighted by Gasteiger charge is -2.14. The molecule has 10 nitrogen and oxygen atoms in total. The van der Waals surface area contributed by atoms with Crippen molar-refractivity contribution in [2.45, 2.75) is 13.8 Å². The van der Waals surface area contributed by atoms with Crippen LogP contribution in [0.15, 0.2) is 72.4 Å². The van der Waals surface area contributed by atoms with E-state index in [-0.39, 0.29) is 24.0 Å². The van der Waals surface area contributed by atoms with Crippen LogP contribution in [0, 0.1) is 13.8 Å². The number of urea groups is 1. The summed E-state index contributed by atoms with van der Waals surface area (Å²) in [5.74, 6) is -1.04. The van der Waals surface area contributed by atoms with E-state index in [0.717, 1.165) is 16.0 Å². The van der Waals surface area contributed by atoms with Gasteiger partial charge < -0.3 is 25.4 Å². The second-order valence-corrected chi connectivity index (χ2v) is 8.88. The Kier molecular flexibility index (Phi) is 8.25. The summed E-state index contributed by atoms with van der Waals surface area (Å²) in [5, 5.41) is 7.91. The number of methoxy groups -OCH3 is 1. The summed E-state index contributed by atoms with van der Waals surface area (Å²) in [7, 11) is 1.45. The van der Waals surface area contributed by atoms with Crippen molar-refractivity contribution in [2.24, 2.45) is 0 Å². The topological polar surface area (TPSA) is 126 Å². The predicted octanol–water partition coefficient (Wildman–Crippen LogP) is 3.86. The van der Waals surface area contributed by atoms with E-state index in [9.17, 15) is 19.2 Å². The molecule has 5 amide bonds. The molecule has 3 aromatic carbocycles. The van der Waals surface area contributed by atoms with Crippen molar-refractivity contribution in [3.63, 3.8) is 0 Å². The first kappa shape index (κ1) is 26.9. The maximum atomic E-state index is 13.0. The van der Waals surface area contributed by atoms with Crippen molar-refractivity contribution in [3.8, 4) is 11.5 Å². The van der Waals surface area contributed by atoms with Gasteiger partial charge in [0.15, 0.2) is 18.1 Å². The third-order valence-corrected chi connectivity index (χ3v) is 5.81. The van der Waals surface area contributed by atoms with Crippen molar-refractivity contribution >= 4 is 41.2 Å². The lowest BCUT2D eigenvalue weighted by molar-refractivity contribution is -0.127. The Balaban J connectivity index is 1.45. The minimum Gasteiger partial charge on any atom is -0.493 e. The molecule has 0 spiro atoms. The molecule has 3 aromatic rings. The van der Waals surface area contributed by atoms with Crippen LogP contribution in [0.1, 0.15) is 16.7 Å². The van der Waals surface area contributed by atoms with Gasteiger partial charge in [-0.15, -0.1) is 0 Å². The minimum absolute atomic E-state index is 0.0506. The number of aryl methyl sites for hydroxylation is 2. The number of amides is 5. The Morgan fingerprint density at radius 3 is 2.05 bits per heavy atom. The van der Waals surface area contributed by atoms with E-state index in [1.54, 1.807) is 42.5 Å². The van der Waals surface area contributed by atoms with Crippen molar-refractivity contribution in [1.82, 2.24) is 10.2 Å². The highest BCUT2D eigenvalue weighted by atomic mass is 16.5. The van der Waals surface area contributed by atoms with Gasteiger partial charge in [0.05, 0.1) is 7.11 Å². The van der Waals surface area contributed by atoms with Gasteiger partial charge in [-0.1, -0.05) is 47.5 Å². The fraction of sp³-hybridized carbons (Fsp3) is 0.172. The number of ether oxygens (including phenoxy) is 2. The molecule has 4 rings (SSSR count). The molecule has 0 radical (unpaired) electrons. The van der Waals surface area contributed by atoms with Gasteiger partial charge in [-0.2, -0.15) is 0 Å². The molecule has 1 aliphatic rings. The normalized spacial score (nSPS) is 13.7. The molecule has 1 aliphatic heterocycles. The van der Waals surface area contributed by atoms with E-state index in [0.29, 0.717) is 22.7 Å². The Bertz CT molecular complexity index is 1430. The first-order valence-corrected chi connectivity index (χ1v) is 12.1. The van der Waals surface area contributed by atoms with Gasteiger partial charge in [-0.3, -0.25) is 14.4 Å². The summed E-state index contributed by atoms with van der Waals surface area (Å²) in [5.41, 5.74) is 3.62. The van der Waals surface area contributed by atoms with E-state index in [1.165, 1.54) is 13.2 Å². The number of benzene rings is 3. The smallest absolute Gasteiger partial charge is 0.329 e. The number of rotatable bonds is 9. The lowest BCUT2D eigenvalue weighted by Crippen LogP contribution is -2.38. The van der Waals surface area contributed by atoms with Gasteiger partial charge >= 0.3 is 6.03 Å². The highest BCUT2D eigenvalue weighted by Crippen LogP contribution is 2.33. The zero-order chi connectivity index (χ0) is 27.9. The van der Waals surface area contributed by atoms with E-state index >= 15 is 0 Å². The Morgan fingerprint density at radius 2 is 1.46 bits per heavy atom. The van der Waals surface area contributed by atoms with Crippen molar-refractivity contribution in [2.75, 3.05) is 30.9 Å². The number of carbonyl (C=O) groups is 4. The summed E-state index contributed by atoms with van der Waals surface area (Å²) in [6.45, 7) is 3.08. The highest BCUT2D eigenvalue weighted by Gasteiger charge is 2.35. The van der Waals surface area contributed by atoms with E-state index in [4.69, 9.17) is 9.47 Å². The zero-order valence-corrected chi connectivity index (χ0v) is 21.7. The highest BCUT2D eigenvalue weighted by molar-refractivity contribution is 6.16. The Morgan fingerprint density at radius 1 is 0.872 bits per heavy atom. The van der Waals surface area contributed by atoms with Crippen LogP contribution in [-0.4, -0.2) is 48.9 Å². The van der Waals surface area contributed by atoms with Crippen LogP contribution < -0.4 is 25.4 Å². The molecule has 0 aliphatic carbocycles. The number of nitrogens with zero attached hydrogens (tertiary/aromatic N) is 1. The minimum atomic E-state index is -0.729. The van der Waals surface area contributed by atoms with Crippen LogP contribution in [0.4, 0.5) is 16.2 Å². The third kappa shape index (κ3) is 6.80. The summed E-state index contributed by atoms with van der Waals surface area (Å²) in [6, 6.07) is 18.7. The van der Waals surface area contributed by atoms with Gasteiger partial charge in [0, 0.05) is 16.9 Å². The SMILES string of the molecule is COc1cccc(C=C2NC(=O)N(CC(=O)Nc3ccc(C)cc3)C2=O)c1OCC(=O)Nc1ccc(C)cc1. The van der Waals surface area contributed by atoms with Gasteiger partial charge in [0.1, 0.15) is 12.2 Å². The van der Waals surface area contributed by atoms with Gasteiger partial charge in [-0.25, -0.2) is 9.69 Å². The summed E-state index contributed by atoms with van der Waals surface area (Å²) < 4.78 is 11.2. The summed E-state index contributed by atoms with van der Waals surface area (Å²) in [6.07, 6.45) is 1.41. The number of hydrogen-bond acceptors (Lipinski definition) is 6. The number of hydrogen-bond donors (Lipinski definition) is 3. The number of nitrogens with one attached hydrogen (secondary N) is 3. The number of imide groups is 1. The standard InChI is InChI=1S/C29H28N4O6/c1-18-7-11-21(12-8-18)30-25(34)16-33-28(36)23(32-29(33)37)15-20-5-4-6-24(38-3)27(20)39-17-26(35)31-22-13-9-19(2)10-14-22/h4-15H,16-17H2,1-3H3,(H,30,34)(H,31,35)(H,32,37). The van der Waals surface area contributed by atoms with Crippen molar-refractivity contribution in [1.29, 1.82) is 0 Å². The molecule has 200 valence electrons. The lowest BCUT2D eigenvalue weighted by atomic mass is 10.1. The molecule has 0 unspecified atom stereocenters. The second-order valence-electron chi connectivity index (χ2n) is 8.88. The average Bonchev–Trinajstić information content (AvgIpc) is 3.17. The van der Waals surface area contributed by atoms with Gasteiger partial charge in [-0.05, 0) is 50.3 Å². The van der Waals surface area contributed by atoms with E-state index < -0.39 is 24.4 Å². The second kappa shape index (κ2) is 12.0. The fourth-order valence-corrected chi connectivity index (χ4v) is 3.79. The molecule has 10 heteroatoms. The van der Waals surface area contributed by atoms with Crippen molar-refractivity contribution in [3.05, 3.63) is 89.1 Å². The summed E-state index contributed by atoms with van der Waals surface area (Å²) in [4.78, 5) is 51.2. The van der Waals surface area contributed by atoms with E-state index in [2.05, 4.69) is 16.0 Å². The molecule has 1 fully saturated rings. The first-order chi connectivity index (χ1) is 18.7. The van der Waals surface area contributed by atoms with Gasteiger partial charge in [0.25, 0.3) is 11.8 Å². The fourth-order valence-electron chi connectivity index (χ4n) is 3.79. The zero-order valence-electron chi connectivity index (χ0n) is 21.7. The quantitative estimate of drug-likeness (QED) is 0.286. The largest absolute Gasteiger partial charge is 0.493 e. The summed E-state index contributed by atoms with van der Waals surface area (Å²) >= 11 is 0. The van der Waals surface area contributed by atoms with Crippen LogP contribution in [0.25, 0.3) is 6.08 Å². The molecule has 39 heavy (non-hydrogen) atoms. The number of anilines is 2. The maximum Gasteiger partial charge on any atom is 0.329 e. The molecular weight excluding hydrogens is 500 g/mol. The van der Waals surface area contributed by atoms with Crippen LogP contribution in [-0.2, 0) is 14.4 Å². The molecule has 3 N–H and O–H groups in total. The molecule has 0 bridgehead atoms. The third-order valence-electron chi connectivity index (χ3n) is 5.81. The molecule has 0 aromatic heterocycles. The molecule has 0 atom stereocenters. The van der Waals surface area contributed by atoms with Crippen molar-refractivity contribution < 1.29 is 28.7 Å². The first-order valence-electron chi connectivity index (χ1n) is 12.1. The van der Waals surface area contributed by atoms with Crippen LogP contribution in [0.2, 0.25) is 0 Å². The number of para-hydroxylation sites is 1. The average molecular weight is 529 g/mol. The molecule has 1 heterocycles. The van der Waals surface area contributed by atoms with Crippen LogP contribution in [0.3, 0.4) is 0 Å². The van der Waals surface area contributed by atoms with Crippen LogP contribution >= 0.6 is 0 Å². The maximum absolute atomic E-state index is 13.0. The molecule has 1 saturated heterocycles. The predicted molar refractivity (Wildman–Crippen MR) is 146 cm³/mol. The Hall–Kier alpha value is -5.12. The molecule has 0 saturated carbocycles. The monoisotopic (exact) mass is 528 g/mol. The molecular formula is C29H28N4O6.